The van der Waals surface area contributed by atoms with Crippen molar-refractivity contribution in [3.8, 4) is 0 Å². The number of rotatable bonds is 3. The van der Waals surface area contributed by atoms with Crippen LogP contribution in [-0.4, -0.2) is 30.6 Å². The smallest absolute Gasteiger partial charge is 0.338 e. The van der Waals surface area contributed by atoms with Crippen LogP contribution in [0.4, 0.5) is 0 Å². The number of aryl methyl sites for hydroxylation is 1. The van der Waals surface area contributed by atoms with Crippen molar-refractivity contribution < 1.29 is 9.90 Å². The Hall–Kier alpha value is -2.63. The zero-order chi connectivity index (χ0) is 13.4. The summed E-state index contributed by atoms with van der Waals surface area (Å²) >= 11 is 0. The van der Waals surface area contributed by atoms with Crippen LogP contribution in [0.25, 0.3) is 10.9 Å². The van der Waals surface area contributed by atoms with E-state index in [0.29, 0.717) is 6.54 Å². The Kier molecular flexibility index (Phi) is 2.56. The maximum Gasteiger partial charge on any atom is 0.338 e. The number of carbonyl (C=O) groups is 1. The van der Waals surface area contributed by atoms with Crippen molar-refractivity contribution in [1.29, 1.82) is 0 Å². The summed E-state index contributed by atoms with van der Waals surface area (Å²) in [4.78, 5) is 10.8. The van der Waals surface area contributed by atoms with E-state index in [0.717, 1.165) is 16.6 Å². The third kappa shape index (κ3) is 1.97. The normalized spacial score (nSPS) is 11.0. The van der Waals surface area contributed by atoms with Crippen LogP contribution in [0.2, 0.25) is 0 Å². The van der Waals surface area contributed by atoms with E-state index in [1.165, 1.54) is 12.4 Å². The van der Waals surface area contributed by atoms with Crippen molar-refractivity contribution in [1.82, 2.24) is 19.6 Å². The van der Waals surface area contributed by atoms with Crippen molar-refractivity contribution in [3.63, 3.8) is 0 Å². The maximum absolute atomic E-state index is 10.8. The molecule has 0 atom stereocenters. The van der Waals surface area contributed by atoms with E-state index in [-0.39, 0.29) is 5.56 Å². The molecule has 1 aromatic carbocycles. The fraction of sp³-hybridized carbons (Fsp3) is 0.154. The first-order valence-electron chi connectivity index (χ1n) is 5.81. The van der Waals surface area contributed by atoms with Gasteiger partial charge in [-0.1, -0.05) is 18.2 Å². The van der Waals surface area contributed by atoms with Gasteiger partial charge in [0.1, 0.15) is 0 Å². The summed E-state index contributed by atoms with van der Waals surface area (Å²) in [5.41, 5.74) is 2.10. The first kappa shape index (κ1) is 11.5. The number of para-hydroxylation sites is 1. The van der Waals surface area contributed by atoms with Crippen LogP contribution in [0.5, 0.6) is 0 Å². The fourth-order valence-electron chi connectivity index (χ4n) is 2.12. The Balaban J connectivity index is 1.98. The Morgan fingerprint density at radius 3 is 2.89 bits per heavy atom. The average molecular weight is 256 g/mol. The Morgan fingerprint density at radius 1 is 1.37 bits per heavy atom. The molecule has 0 saturated carbocycles. The third-order valence-electron chi connectivity index (χ3n) is 3.03. The lowest BCUT2D eigenvalue weighted by Crippen LogP contribution is -2.02. The van der Waals surface area contributed by atoms with Crippen LogP contribution in [0.1, 0.15) is 16.1 Å². The number of aromatic carboxylic acids is 1. The largest absolute Gasteiger partial charge is 0.478 e. The molecule has 0 aliphatic rings. The minimum atomic E-state index is -0.975. The van der Waals surface area contributed by atoms with E-state index in [1.807, 2.05) is 36.0 Å². The molecular formula is C13H12N4O2. The second kappa shape index (κ2) is 4.24. The van der Waals surface area contributed by atoms with Crippen LogP contribution >= 0.6 is 0 Å². The first-order chi connectivity index (χ1) is 9.15. The molecule has 0 unspecified atom stereocenters. The molecule has 2 heterocycles. The topological polar surface area (TPSA) is 72.9 Å². The lowest BCUT2D eigenvalue weighted by Gasteiger charge is -1.97. The molecule has 0 aliphatic heterocycles. The van der Waals surface area contributed by atoms with E-state index in [4.69, 9.17) is 5.11 Å². The number of carboxylic acid groups (broad SMARTS) is 1. The predicted octanol–water partition coefficient (Wildman–Crippen LogP) is 1.52. The molecule has 0 amide bonds. The monoisotopic (exact) mass is 256 g/mol. The van der Waals surface area contributed by atoms with Gasteiger partial charge in [0.15, 0.2) is 0 Å². The van der Waals surface area contributed by atoms with Gasteiger partial charge in [-0.05, 0) is 6.07 Å². The molecule has 0 bridgehead atoms. The van der Waals surface area contributed by atoms with Gasteiger partial charge >= 0.3 is 5.97 Å². The van der Waals surface area contributed by atoms with Gasteiger partial charge in [-0.25, -0.2) is 4.79 Å². The van der Waals surface area contributed by atoms with Crippen molar-refractivity contribution in [3.05, 3.63) is 47.9 Å². The highest BCUT2D eigenvalue weighted by Gasteiger charge is 2.10. The molecule has 19 heavy (non-hydrogen) atoms. The van der Waals surface area contributed by atoms with E-state index in [2.05, 4.69) is 10.2 Å². The zero-order valence-electron chi connectivity index (χ0n) is 10.3. The lowest BCUT2D eigenvalue weighted by molar-refractivity contribution is 0.0697. The van der Waals surface area contributed by atoms with E-state index in [1.54, 1.807) is 4.68 Å². The fourth-order valence-corrected chi connectivity index (χ4v) is 2.12. The number of benzene rings is 1. The van der Waals surface area contributed by atoms with Crippen LogP contribution in [0.3, 0.4) is 0 Å². The van der Waals surface area contributed by atoms with Gasteiger partial charge < -0.3 is 5.11 Å². The quantitative estimate of drug-likeness (QED) is 0.771. The lowest BCUT2D eigenvalue weighted by atomic mass is 10.2. The summed E-state index contributed by atoms with van der Waals surface area (Å²) in [6, 6.07) is 7.92. The summed E-state index contributed by atoms with van der Waals surface area (Å²) in [5, 5.41) is 18.4. The Morgan fingerprint density at radius 2 is 2.16 bits per heavy atom. The molecule has 6 heteroatoms. The van der Waals surface area contributed by atoms with E-state index in [9.17, 15) is 4.79 Å². The molecule has 3 aromatic rings. The molecule has 96 valence electrons. The number of hydrogen-bond donors (Lipinski definition) is 1. The SMILES string of the molecule is Cn1nc(Cn2cc(C(=O)O)cn2)c2ccccc21. The van der Waals surface area contributed by atoms with Gasteiger partial charge in [-0.2, -0.15) is 10.2 Å². The summed E-state index contributed by atoms with van der Waals surface area (Å²) < 4.78 is 3.39. The van der Waals surface area contributed by atoms with Gasteiger partial charge in [-0.15, -0.1) is 0 Å². The molecular weight excluding hydrogens is 244 g/mol. The number of nitrogens with zero attached hydrogens (tertiary/aromatic N) is 4. The van der Waals surface area contributed by atoms with Gasteiger partial charge in [0.2, 0.25) is 0 Å². The van der Waals surface area contributed by atoms with Gasteiger partial charge in [-0.3, -0.25) is 9.36 Å². The molecule has 0 radical (unpaired) electrons. The molecule has 0 saturated heterocycles. The minimum absolute atomic E-state index is 0.181. The highest BCUT2D eigenvalue weighted by molar-refractivity contribution is 5.86. The summed E-state index contributed by atoms with van der Waals surface area (Å²) in [6.07, 6.45) is 2.85. The molecule has 0 aliphatic carbocycles. The van der Waals surface area contributed by atoms with E-state index >= 15 is 0 Å². The summed E-state index contributed by atoms with van der Waals surface area (Å²) in [6.45, 7) is 0.453. The highest BCUT2D eigenvalue weighted by Crippen LogP contribution is 2.18. The average Bonchev–Trinajstić information content (AvgIpc) is 2.97. The molecule has 0 spiro atoms. The van der Waals surface area contributed by atoms with Gasteiger partial charge in [0, 0.05) is 18.6 Å². The zero-order valence-corrected chi connectivity index (χ0v) is 10.3. The standard InChI is InChI=1S/C13H12N4O2/c1-16-12-5-3-2-4-10(12)11(15-16)8-17-7-9(6-14-17)13(18)19/h2-7H,8H2,1H3,(H,18,19). The summed E-state index contributed by atoms with van der Waals surface area (Å²) in [5.74, 6) is -0.975. The first-order valence-corrected chi connectivity index (χ1v) is 5.81. The molecule has 1 N–H and O–H groups in total. The second-order valence-electron chi connectivity index (χ2n) is 4.32. The van der Waals surface area contributed by atoms with Crippen LogP contribution < -0.4 is 0 Å². The molecule has 0 fully saturated rings. The number of hydrogen-bond acceptors (Lipinski definition) is 3. The van der Waals surface area contributed by atoms with Crippen LogP contribution in [-0.2, 0) is 13.6 Å². The minimum Gasteiger partial charge on any atom is -0.478 e. The molecule has 6 nitrogen and oxygen atoms in total. The van der Waals surface area contributed by atoms with Crippen LogP contribution in [0, 0.1) is 0 Å². The van der Waals surface area contributed by atoms with Crippen molar-refractivity contribution >= 4 is 16.9 Å². The Bertz CT molecular complexity index is 757. The third-order valence-corrected chi connectivity index (χ3v) is 3.03. The van der Waals surface area contributed by atoms with Gasteiger partial charge in [0.05, 0.1) is 29.5 Å². The number of carboxylic acids is 1. The number of aromatic nitrogens is 4. The predicted molar refractivity (Wildman–Crippen MR) is 69.0 cm³/mol. The maximum atomic E-state index is 10.8. The van der Waals surface area contributed by atoms with Crippen molar-refractivity contribution in [2.75, 3.05) is 0 Å². The highest BCUT2D eigenvalue weighted by atomic mass is 16.4. The molecule has 2 aromatic heterocycles. The summed E-state index contributed by atoms with van der Waals surface area (Å²) in [7, 11) is 1.89. The Labute approximate surface area is 108 Å². The molecule has 3 rings (SSSR count). The van der Waals surface area contributed by atoms with E-state index < -0.39 is 5.97 Å². The van der Waals surface area contributed by atoms with Gasteiger partial charge in [0.25, 0.3) is 0 Å². The number of fused-ring (bicyclic) bond motifs is 1. The van der Waals surface area contributed by atoms with Crippen LogP contribution in [0.15, 0.2) is 36.7 Å². The van der Waals surface area contributed by atoms with Crippen molar-refractivity contribution in [2.45, 2.75) is 6.54 Å². The van der Waals surface area contributed by atoms with Crippen molar-refractivity contribution in [2.24, 2.45) is 7.05 Å². The second-order valence-corrected chi connectivity index (χ2v) is 4.32.